The van der Waals surface area contributed by atoms with E-state index in [4.69, 9.17) is 16.3 Å². The second-order valence-electron chi connectivity index (χ2n) is 8.26. The van der Waals surface area contributed by atoms with Crippen molar-refractivity contribution >= 4 is 34.6 Å². The number of hydrogen-bond acceptors (Lipinski definition) is 4. The first-order valence-electron chi connectivity index (χ1n) is 9.61. The number of carbonyl (C=O) groups excluding carboxylic acids is 2. The molecule has 0 unspecified atom stereocenters. The van der Waals surface area contributed by atoms with Crippen LogP contribution in [0.5, 0.6) is 0 Å². The molecule has 152 valence electrons. The van der Waals surface area contributed by atoms with Crippen LogP contribution < -0.4 is 10.6 Å². The van der Waals surface area contributed by atoms with Gasteiger partial charge in [-0.1, -0.05) is 11.6 Å². The summed E-state index contributed by atoms with van der Waals surface area (Å²) in [5, 5.41) is 6.48. The Morgan fingerprint density at radius 2 is 1.96 bits per heavy atom. The number of ether oxygens (including phenoxy) is 1. The number of benzene rings is 1. The summed E-state index contributed by atoms with van der Waals surface area (Å²) in [5.74, 6) is 0.676. The summed E-state index contributed by atoms with van der Waals surface area (Å²) >= 11 is 5.97. The third-order valence-electron chi connectivity index (χ3n) is 4.74. The molecule has 1 aliphatic rings. The fraction of sp³-hybridized carbons (Fsp3) is 0.550. The molecule has 7 nitrogen and oxygen atoms in total. The summed E-state index contributed by atoms with van der Waals surface area (Å²) in [5.41, 5.74) is 1.16. The maximum absolute atomic E-state index is 12.5. The van der Waals surface area contributed by atoms with Crippen LogP contribution in [-0.4, -0.2) is 33.6 Å². The van der Waals surface area contributed by atoms with Gasteiger partial charge in [-0.15, -0.1) is 0 Å². The second-order valence-corrected chi connectivity index (χ2v) is 8.69. The molecule has 0 atom stereocenters. The van der Waals surface area contributed by atoms with E-state index in [1.807, 2.05) is 26.8 Å². The zero-order valence-electron chi connectivity index (χ0n) is 16.5. The van der Waals surface area contributed by atoms with Crippen molar-refractivity contribution in [1.29, 1.82) is 0 Å². The van der Waals surface area contributed by atoms with Crippen molar-refractivity contribution in [1.82, 2.24) is 20.6 Å². The molecule has 0 bridgehead atoms. The lowest BCUT2D eigenvalue weighted by atomic mass is 9.85. The Hall–Kier alpha value is -2.28. The van der Waals surface area contributed by atoms with Gasteiger partial charge in [-0.05, 0) is 64.7 Å². The standard InChI is InChI=1S/C20H27ClN4O3/c1-20(2,3)28-19(27)23-14-7-4-12(5-8-14)18(26)22-11-17-24-15-9-6-13(21)10-16(15)25-17/h6,9-10,12,14H,4-5,7-8,11H2,1-3H3,(H,22,26)(H,23,27)(H,24,25)/t12-,14-. The van der Waals surface area contributed by atoms with Crippen LogP contribution in [0.15, 0.2) is 18.2 Å². The van der Waals surface area contributed by atoms with E-state index < -0.39 is 11.7 Å². The van der Waals surface area contributed by atoms with Crippen molar-refractivity contribution < 1.29 is 14.3 Å². The number of nitrogens with zero attached hydrogens (tertiary/aromatic N) is 1. The molecule has 1 aromatic carbocycles. The highest BCUT2D eigenvalue weighted by molar-refractivity contribution is 6.31. The van der Waals surface area contributed by atoms with Crippen LogP contribution in [0.1, 0.15) is 52.3 Å². The first kappa shape index (κ1) is 20.5. The van der Waals surface area contributed by atoms with Crippen molar-refractivity contribution in [3.8, 4) is 0 Å². The number of imidazole rings is 1. The van der Waals surface area contributed by atoms with Crippen molar-refractivity contribution in [3.63, 3.8) is 0 Å². The third-order valence-corrected chi connectivity index (χ3v) is 4.98. The lowest BCUT2D eigenvalue weighted by Gasteiger charge is -2.29. The summed E-state index contributed by atoms with van der Waals surface area (Å²) in [6, 6.07) is 5.51. The average molecular weight is 407 g/mol. The highest BCUT2D eigenvalue weighted by Gasteiger charge is 2.28. The molecule has 2 aromatic rings. The lowest BCUT2D eigenvalue weighted by molar-refractivity contribution is -0.126. The highest BCUT2D eigenvalue weighted by Crippen LogP contribution is 2.25. The second kappa shape index (κ2) is 8.39. The number of aromatic nitrogens is 2. The Labute approximate surface area is 169 Å². The highest BCUT2D eigenvalue weighted by atomic mass is 35.5. The van der Waals surface area contributed by atoms with Gasteiger partial charge in [0, 0.05) is 17.0 Å². The van der Waals surface area contributed by atoms with E-state index >= 15 is 0 Å². The topological polar surface area (TPSA) is 96.1 Å². The molecule has 3 rings (SSSR count). The lowest BCUT2D eigenvalue weighted by Crippen LogP contribution is -2.42. The van der Waals surface area contributed by atoms with Crippen LogP contribution in [-0.2, 0) is 16.1 Å². The van der Waals surface area contributed by atoms with Crippen LogP contribution in [0.4, 0.5) is 4.79 Å². The monoisotopic (exact) mass is 406 g/mol. The third kappa shape index (κ3) is 5.61. The van der Waals surface area contributed by atoms with Crippen LogP contribution in [0.3, 0.4) is 0 Å². The first-order chi connectivity index (χ1) is 13.2. The Morgan fingerprint density at radius 3 is 2.64 bits per heavy atom. The first-order valence-corrected chi connectivity index (χ1v) is 9.99. The minimum absolute atomic E-state index is 0.0224. The van der Waals surface area contributed by atoms with E-state index in [9.17, 15) is 9.59 Å². The zero-order valence-corrected chi connectivity index (χ0v) is 17.2. The molecule has 0 radical (unpaired) electrons. The molecule has 1 aromatic heterocycles. The number of H-pyrrole nitrogens is 1. The predicted octanol–water partition coefficient (Wildman–Crippen LogP) is 3.92. The van der Waals surface area contributed by atoms with Crippen LogP contribution in [0.2, 0.25) is 5.02 Å². The van der Waals surface area contributed by atoms with Gasteiger partial charge in [0.05, 0.1) is 17.6 Å². The van der Waals surface area contributed by atoms with E-state index in [0.717, 1.165) is 36.7 Å². The quantitative estimate of drug-likeness (QED) is 0.717. The molecule has 3 N–H and O–H groups in total. The number of halogens is 1. The number of rotatable bonds is 4. The smallest absolute Gasteiger partial charge is 0.407 e. The molecule has 1 fully saturated rings. The molecule has 1 saturated carbocycles. The number of hydrogen-bond donors (Lipinski definition) is 3. The molecule has 1 heterocycles. The summed E-state index contributed by atoms with van der Waals surface area (Å²) in [7, 11) is 0. The van der Waals surface area contributed by atoms with Crippen molar-refractivity contribution in [2.75, 3.05) is 0 Å². The molecule has 28 heavy (non-hydrogen) atoms. The van der Waals surface area contributed by atoms with Crippen LogP contribution in [0.25, 0.3) is 11.0 Å². The Bertz CT molecular complexity index is 851. The van der Waals surface area contributed by atoms with Gasteiger partial charge in [0.2, 0.25) is 5.91 Å². The van der Waals surface area contributed by atoms with Gasteiger partial charge >= 0.3 is 6.09 Å². The molecule has 1 aliphatic carbocycles. The van der Waals surface area contributed by atoms with E-state index in [0.29, 0.717) is 17.4 Å². The number of alkyl carbamates (subject to hydrolysis) is 1. The number of carbonyl (C=O) groups is 2. The molecular formula is C20H27ClN4O3. The van der Waals surface area contributed by atoms with Gasteiger partial charge in [-0.3, -0.25) is 4.79 Å². The number of amides is 2. The van der Waals surface area contributed by atoms with Crippen molar-refractivity contribution in [3.05, 3.63) is 29.0 Å². The normalized spacial score (nSPS) is 20.0. The molecule has 2 amide bonds. The van der Waals surface area contributed by atoms with Gasteiger partial charge in [0.25, 0.3) is 0 Å². The molecule has 0 saturated heterocycles. The van der Waals surface area contributed by atoms with Gasteiger partial charge < -0.3 is 20.4 Å². The summed E-state index contributed by atoms with van der Waals surface area (Å²) in [4.78, 5) is 32.0. The van der Waals surface area contributed by atoms with E-state index in [1.54, 1.807) is 12.1 Å². The van der Waals surface area contributed by atoms with Crippen LogP contribution in [0, 0.1) is 5.92 Å². The maximum Gasteiger partial charge on any atom is 0.407 e. The van der Waals surface area contributed by atoms with Gasteiger partial charge in [-0.2, -0.15) is 0 Å². The molecular weight excluding hydrogens is 380 g/mol. The molecule has 0 aliphatic heterocycles. The van der Waals surface area contributed by atoms with Crippen LogP contribution >= 0.6 is 11.6 Å². The fourth-order valence-electron chi connectivity index (χ4n) is 3.40. The van der Waals surface area contributed by atoms with E-state index in [1.165, 1.54) is 0 Å². The van der Waals surface area contributed by atoms with Gasteiger partial charge in [0.1, 0.15) is 11.4 Å². The summed E-state index contributed by atoms with van der Waals surface area (Å²) in [6.07, 6.45) is 2.61. The van der Waals surface area contributed by atoms with Crippen molar-refractivity contribution in [2.45, 2.75) is 64.6 Å². The maximum atomic E-state index is 12.5. The Kier molecular flexibility index (Phi) is 6.13. The van der Waals surface area contributed by atoms with Gasteiger partial charge in [-0.25, -0.2) is 9.78 Å². The number of aromatic amines is 1. The average Bonchev–Trinajstić information content (AvgIpc) is 3.00. The minimum atomic E-state index is -0.511. The Balaban J connectivity index is 1.44. The largest absolute Gasteiger partial charge is 0.444 e. The minimum Gasteiger partial charge on any atom is -0.444 e. The Morgan fingerprint density at radius 1 is 1.25 bits per heavy atom. The molecule has 8 heteroatoms. The van der Waals surface area contributed by atoms with E-state index in [2.05, 4.69) is 20.6 Å². The SMILES string of the molecule is CC(C)(C)OC(=O)N[C@H]1CC[C@H](C(=O)NCc2nc3cc(Cl)ccc3[nH]2)CC1. The number of nitrogens with one attached hydrogen (secondary N) is 3. The van der Waals surface area contributed by atoms with Crippen molar-refractivity contribution in [2.24, 2.45) is 5.92 Å². The molecule has 0 spiro atoms. The van der Waals surface area contributed by atoms with E-state index in [-0.39, 0.29) is 17.9 Å². The van der Waals surface area contributed by atoms with Gasteiger partial charge in [0.15, 0.2) is 0 Å². The summed E-state index contributed by atoms with van der Waals surface area (Å²) < 4.78 is 5.29. The summed E-state index contributed by atoms with van der Waals surface area (Å²) in [6.45, 7) is 5.86. The zero-order chi connectivity index (χ0) is 20.3. The number of fused-ring (bicyclic) bond motifs is 1. The fourth-order valence-corrected chi connectivity index (χ4v) is 3.57. The predicted molar refractivity (Wildman–Crippen MR) is 108 cm³/mol.